The van der Waals surface area contributed by atoms with E-state index in [4.69, 9.17) is 0 Å². The summed E-state index contributed by atoms with van der Waals surface area (Å²) in [6, 6.07) is 12.9. The molecule has 1 aliphatic heterocycles. The van der Waals surface area contributed by atoms with E-state index in [1.807, 2.05) is 12.1 Å². The number of aryl methyl sites for hydroxylation is 1. The standard InChI is InChI=1S/C17H20N2O/c1-12-7-8-14-5-3-4-6-16(14)19(12)17-10-9-15(11-18-17)13(2)20/h3-6,9-13,20H,7-8H2,1-2H3. The van der Waals surface area contributed by atoms with Crippen LogP contribution in [0.15, 0.2) is 42.6 Å². The highest BCUT2D eigenvalue weighted by molar-refractivity contribution is 5.66. The second kappa shape index (κ2) is 5.25. The number of fused-ring (bicyclic) bond motifs is 1. The molecule has 3 nitrogen and oxygen atoms in total. The third kappa shape index (κ3) is 2.29. The zero-order valence-corrected chi connectivity index (χ0v) is 12.0. The van der Waals surface area contributed by atoms with Crippen LogP contribution in [0.3, 0.4) is 0 Å². The van der Waals surface area contributed by atoms with Crippen LogP contribution in [0.2, 0.25) is 0 Å². The van der Waals surface area contributed by atoms with Crippen molar-refractivity contribution >= 4 is 11.5 Å². The van der Waals surface area contributed by atoms with Crippen molar-refractivity contribution in [1.82, 2.24) is 4.98 Å². The average molecular weight is 268 g/mol. The molecule has 0 fully saturated rings. The lowest BCUT2D eigenvalue weighted by molar-refractivity contribution is 0.199. The monoisotopic (exact) mass is 268 g/mol. The van der Waals surface area contributed by atoms with Crippen LogP contribution in [-0.2, 0) is 6.42 Å². The fraction of sp³-hybridized carbons (Fsp3) is 0.353. The largest absolute Gasteiger partial charge is 0.389 e. The summed E-state index contributed by atoms with van der Waals surface area (Å²) in [5, 5.41) is 9.58. The van der Waals surface area contributed by atoms with E-state index in [1.54, 1.807) is 13.1 Å². The highest BCUT2D eigenvalue weighted by atomic mass is 16.3. The van der Waals surface area contributed by atoms with Crippen molar-refractivity contribution in [2.24, 2.45) is 0 Å². The number of nitrogens with zero attached hydrogens (tertiary/aromatic N) is 2. The first-order valence-electron chi connectivity index (χ1n) is 7.18. The molecule has 0 radical (unpaired) electrons. The van der Waals surface area contributed by atoms with Crippen molar-refractivity contribution in [2.45, 2.75) is 38.8 Å². The third-order valence-corrected chi connectivity index (χ3v) is 4.02. The number of benzene rings is 1. The molecule has 0 saturated heterocycles. The van der Waals surface area contributed by atoms with Gasteiger partial charge in [-0.2, -0.15) is 0 Å². The fourth-order valence-corrected chi connectivity index (χ4v) is 2.82. The molecule has 2 aromatic rings. The topological polar surface area (TPSA) is 36.4 Å². The quantitative estimate of drug-likeness (QED) is 0.904. The smallest absolute Gasteiger partial charge is 0.133 e. The fourth-order valence-electron chi connectivity index (χ4n) is 2.82. The Morgan fingerprint density at radius 3 is 2.75 bits per heavy atom. The van der Waals surface area contributed by atoms with Gasteiger partial charge in [0.25, 0.3) is 0 Å². The summed E-state index contributed by atoms with van der Waals surface area (Å²) in [6.07, 6.45) is 3.56. The minimum atomic E-state index is -0.470. The molecule has 3 heteroatoms. The molecule has 2 heterocycles. The summed E-state index contributed by atoms with van der Waals surface area (Å²) in [5.41, 5.74) is 3.49. The summed E-state index contributed by atoms with van der Waals surface area (Å²) in [4.78, 5) is 6.84. The lowest BCUT2D eigenvalue weighted by atomic mass is 9.96. The molecule has 2 unspecified atom stereocenters. The van der Waals surface area contributed by atoms with Gasteiger partial charge in [-0.15, -0.1) is 0 Å². The van der Waals surface area contributed by atoms with Gasteiger partial charge in [0.1, 0.15) is 5.82 Å². The lowest BCUT2D eigenvalue weighted by Crippen LogP contribution is -2.33. The first-order valence-corrected chi connectivity index (χ1v) is 7.18. The van der Waals surface area contributed by atoms with Gasteiger partial charge in [0.15, 0.2) is 0 Å². The Bertz CT molecular complexity index is 592. The maximum absolute atomic E-state index is 9.58. The molecule has 1 aromatic heterocycles. The van der Waals surface area contributed by atoms with Crippen LogP contribution in [0.25, 0.3) is 0 Å². The molecule has 0 amide bonds. The van der Waals surface area contributed by atoms with Gasteiger partial charge in [-0.1, -0.05) is 24.3 Å². The maximum atomic E-state index is 9.58. The molecule has 0 spiro atoms. The number of pyridine rings is 1. The SMILES string of the molecule is CC(O)c1ccc(N2c3ccccc3CCC2C)nc1. The lowest BCUT2D eigenvalue weighted by Gasteiger charge is -2.36. The predicted molar refractivity (Wildman–Crippen MR) is 81.2 cm³/mol. The highest BCUT2D eigenvalue weighted by Crippen LogP contribution is 2.35. The number of anilines is 2. The molecular formula is C17H20N2O. The summed E-state index contributed by atoms with van der Waals surface area (Å²) in [6.45, 7) is 4.00. The third-order valence-electron chi connectivity index (χ3n) is 4.02. The molecule has 3 rings (SSSR count). The second-order valence-electron chi connectivity index (χ2n) is 5.51. The van der Waals surface area contributed by atoms with Gasteiger partial charge in [0.2, 0.25) is 0 Å². The van der Waals surface area contributed by atoms with Crippen molar-refractivity contribution in [2.75, 3.05) is 4.90 Å². The molecule has 1 aromatic carbocycles. The van der Waals surface area contributed by atoms with Crippen LogP contribution in [0, 0.1) is 0 Å². The van der Waals surface area contributed by atoms with Gasteiger partial charge < -0.3 is 10.0 Å². The number of hydrogen-bond acceptors (Lipinski definition) is 3. The zero-order valence-electron chi connectivity index (χ0n) is 12.0. The summed E-state index contributed by atoms with van der Waals surface area (Å²) < 4.78 is 0. The zero-order chi connectivity index (χ0) is 14.1. The molecule has 20 heavy (non-hydrogen) atoms. The Balaban J connectivity index is 2.00. The van der Waals surface area contributed by atoms with Crippen LogP contribution < -0.4 is 4.90 Å². The molecule has 0 saturated carbocycles. The van der Waals surface area contributed by atoms with Gasteiger partial charge >= 0.3 is 0 Å². The molecule has 0 aliphatic carbocycles. The Labute approximate surface area is 119 Å². The maximum Gasteiger partial charge on any atom is 0.133 e. The number of hydrogen-bond donors (Lipinski definition) is 1. The van der Waals surface area contributed by atoms with Gasteiger partial charge in [0, 0.05) is 17.9 Å². The molecule has 1 N–H and O–H groups in total. The van der Waals surface area contributed by atoms with Crippen molar-refractivity contribution < 1.29 is 5.11 Å². The number of rotatable bonds is 2. The van der Waals surface area contributed by atoms with E-state index in [0.717, 1.165) is 24.2 Å². The van der Waals surface area contributed by atoms with E-state index in [1.165, 1.54) is 11.3 Å². The molecule has 2 atom stereocenters. The van der Waals surface area contributed by atoms with Crippen LogP contribution in [-0.4, -0.2) is 16.1 Å². The van der Waals surface area contributed by atoms with E-state index in [0.29, 0.717) is 6.04 Å². The first-order chi connectivity index (χ1) is 9.66. The summed E-state index contributed by atoms with van der Waals surface area (Å²) in [5.74, 6) is 0.953. The molecule has 1 aliphatic rings. The van der Waals surface area contributed by atoms with Gasteiger partial charge in [0.05, 0.1) is 6.10 Å². The highest BCUT2D eigenvalue weighted by Gasteiger charge is 2.24. The Kier molecular flexibility index (Phi) is 3.45. The summed E-state index contributed by atoms with van der Waals surface area (Å²) >= 11 is 0. The van der Waals surface area contributed by atoms with Crippen molar-refractivity contribution in [1.29, 1.82) is 0 Å². The number of aliphatic hydroxyl groups is 1. The second-order valence-corrected chi connectivity index (χ2v) is 5.51. The number of para-hydroxylation sites is 1. The van der Waals surface area contributed by atoms with E-state index in [2.05, 4.69) is 41.1 Å². The minimum absolute atomic E-state index is 0.440. The van der Waals surface area contributed by atoms with Crippen LogP contribution in [0.5, 0.6) is 0 Å². The van der Waals surface area contributed by atoms with E-state index in [-0.39, 0.29) is 0 Å². The van der Waals surface area contributed by atoms with Gasteiger partial charge in [-0.05, 0) is 49.9 Å². The van der Waals surface area contributed by atoms with E-state index < -0.39 is 6.10 Å². The van der Waals surface area contributed by atoms with Crippen molar-refractivity contribution in [3.8, 4) is 0 Å². The number of aromatic nitrogens is 1. The minimum Gasteiger partial charge on any atom is -0.389 e. The molecule has 104 valence electrons. The molecular weight excluding hydrogens is 248 g/mol. The van der Waals surface area contributed by atoms with Crippen LogP contribution in [0.1, 0.15) is 37.5 Å². The summed E-state index contributed by atoms with van der Waals surface area (Å²) in [7, 11) is 0. The van der Waals surface area contributed by atoms with Gasteiger partial charge in [-0.25, -0.2) is 4.98 Å². The predicted octanol–water partition coefficient (Wildman–Crippen LogP) is 3.61. The number of aliphatic hydroxyl groups excluding tert-OH is 1. The van der Waals surface area contributed by atoms with E-state index in [9.17, 15) is 5.11 Å². The Morgan fingerprint density at radius 2 is 2.05 bits per heavy atom. The van der Waals surface area contributed by atoms with E-state index >= 15 is 0 Å². The normalized spacial score (nSPS) is 19.6. The Morgan fingerprint density at radius 1 is 1.25 bits per heavy atom. The first kappa shape index (κ1) is 13.1. The van der Waals surface area contributed by atoms with Crippen LogP contribution >= 0.6 is 0 Å². The van der Waals surface area contributed by atoms with Crippen molar-refractivity contribution in [3.05, 3.63) is 53.7 Å². The van der Waals surface area contributed by atoms with Crippen molar-refractivity contribution in [3.63, 3.8) is 0 Å². The average Bonchev–Trinajstić information content (AvgIpc) is 2.47. The van der Waals surface area contributed by atoms with Gasteiger partial charge in [-0.3, -0.25) is 0 Å². The Hall–Kier alpha value is -1.87. The molecule has 0 bridgehead atoms. The van der Waals surface area contributed by atoms with Crippen LogP contribution in [0.4, 0.5) is 11.5 Å².